The van der Waals surface area contributed by atoms with E-state index in [1.807, 2.05) is 6.92 Å². The molecule has 5 heteroatoms. The quantitative estimate of drug-likeness (QED) is 0.768. The summed E-state index contributed by atoms with van der Waals surface area (Å²) in [6.45, 7) is 3.72. The third-order valence-corrected chi connectivity index (χ3v) is 2.39. The predicted octanol–water partition coefficient (Wildman–Crippen LogP) is 2.20. The maximum absolute atomic E-state index is 11.7. The van der Waals surface area contributed by atoms with E-state index in [9.17, 15) is 9.90 Å². The number of phenols is 1. The Hall–Kier alpha value is -1.26. The number of hydrogen-bond donors (Lipinski definition) is 2. The van der Waals surface area contributed by atoms with Crippen LogP contribution in [0.25, 0.3) is 0 Å². The molecule has 0 aliphatic rings. The number of amides is 1. The van der Waals surface area contributed by atoms with E-state index < -0.39 is 0 Å². The van der Waals surface area contributed by atoms with Gasteiger partial charge in [-0.2, -0.15) is 0 Å². The minimum atomic E-state index is -0.310. The molecule has 1 aromatic rings. The molecular formula is C12H16ClNO3. The zero-order chi connectivity index (χ0) is 12.7. The number of halogens is 1. The van der Waals surface area contributed by atoms with Crippen LogP contribution in [-0.2, 0) is 4.74 Å². The molecule has 1 amide bonds. The lowest BCUT2D eigenvalue weighted by atomic mass is 10.2. The molecular weight excluding hydrogens is 242 g/mol. The summed E-state index contributed by atoms with van der Waals surface area (Å²) in [4.78, 5) is 11.7. The lowest BCUT2D eigenvalue weighted by Crippen LogP contribution is -2.25. The number of hydrogen-bond acceptors (Lipinski definition) is 3. The van der Waals surface area contributed by atoms with Gasteiger partial charge in [-0.15, -0.1) is 0 Å². The minimum Gasteiger partial charge on any atom is -0.507 e. The van der Waals surface area contributed by atoms with Gasteiger partial charge < -0.3 is 15.2 Å². The topological polar surface area (TPSA) is 58.6 Å². The van der Waals surface area contributed by atoms with E-state index in [1.165, 1.54) is 12.1 Å². The number of benzene rings is 1. The third-order valence-electron chi connectivity index (χ3n) is 2.16. The first kappa shape index (κ1) is 13.8. The average Bonchev–Trinajstić information content (AvgIpc) is 2.28. The van der Waals surface area contributed by atoms with Crippen molar-refractivity contribution in [2.24, 2.45) is 0 Å². The van der Waals surface area contributed by atoms with E-state index in [1.54, 1.807) is 6.07 Å². The Bertz CT molecular complexity index is 382. The smallest absolute Gasteiger partial charge is 0.255 e. The van der Waals surface area contributed by atoms with Crippen LogP contribution in [0.3, 0.4) is 0 Å². The summed E-state index contributed by atoms with van der Waals surface area (Å²) in [7, 11) is 0. The number of carbonyl (C=O) groups excluding carboxylic acids is 1. The van der Waals surface area contributed by atoms with Gasteiger partial charge in [0.1, 0.15) is 5.75 Å². The molecule has 0 fully saturated rings. The van der Waals surface area contributed by atoms with Crippen molar-refractivity contribution in [3.63, 3.8) is 0 Å². The molecule has 2 N–H and O–H groups in total. The lowest BCUT2D eigenvalue weighted by Gasteiger charge is -2.07. The second-order valence-corrected chi connectivity index (χ2v) is 3.90. The van der Waals surface area contributed by atoms with Gasteiger partial charge in [0.2, 0.25) is 0 Å². The molecule has 0 aliphatic carbocycles. The molecule has 0 aliphatic heterocycles. The zero-order valence-corrected chi connectivity index (χ0v) is 10.5. The first-order valence-electron chi connectivity index (χ1n) is 5.49. The summed E-state index contributed by atoms with van der Waals surface area (Å²) < 4.78 is 5.14. The molecule has 0 bridgehead atoms. The molecule has 0 saturated heterocycles. The van der Waals surface area contributed by atoms with E-state index in [4.69, 9.17) is 16.3 Å². The molecule has 1 aromatic carbocycles. The van der Waals surface area contributed by atoms with Crippen LogP contribution >= 0.6 is 11.6 Å². The molecule has 1 rings (SSSR count). The third kappa shape index (κ3) is 4.63. The summed E-state index contributed by atoms with van der Waals surface area (Å²) in [5, 5.41) is 12.6. The van der Waals surface area contributed by atoms with Crippen molar-refractivity contribution in [3.8, 4) is 5.75 Å². The molecule has 17 heavy (non-hydrogen) atoms. The van der Waals surface area contributed by atoms with Gasteiger partial charge in [0.25, 0.3) is 5.91 Å². The summed E-state index contributed by atoms with van der Waals surface area (Å²) in [6, 6.07) is 4.41. The van der Waals surface area contributed by atoms with Crippen LogP contribution in [0, 0.1) is 0 Å². The highest BCUT2D eigenvalue weighted by Gasteiger charge is 2.10. The normalized spacial score (nSPS) is 10.2. The van der Waals surface area contributed by atoms with E-state index in [-0.39, 0.29) is 17.2 Å². The largest absolute Gasteiger partial charge is 0.507 e. The first-order valence-corrected chi connectivity index (χ1v) is 5.87. The Kier molecular flexibility index (Phi) is 5.80. The average molecular weight is 258 g/mol. The van der Waals surface area contributed by atoms with Crippen LogP contribution in [-0.4, -0.2) is 30.8 Å². The molecule has 94 valence electrons. The highest BCUT2D eigenvalue weighted by molar-refractivity contribution is 6.30. The van der Waals surface area contributed by atoms with Gasteiger partial charge in [0.05, 0.1) is 5.56 Å². The Labute approximate surface area is 106 Å². The van der Waals surface area contributed by atoms with Crippen molar-refractivity contribution in [2.75, 3.05) is 19.8 Å². The second kappa shape index (κ2) is 7.14. The van der Waals surface area contributed by atoms with Crippen LogP contribution < -0.4 is 5.32 Å². The summed E-state index contributed by atoms with van der Waals surface area (Å²) in [5.74, 6) is -0.421. The highest BCUT2D eigenvalue weighted by atomic mass is 35.5. The van der Waals surface area contributed by atoms with Gasteiger partial charge in [0, 0.05) is 24.8 Å². The van der Waals surface area contributed by atoms with Crippen molar-refractivity contribution < 1.29 is 14.6 Å². The Balaban J connectivity index is 2.42. The molecule has 0 spiro atoms. The number of phenolic OH excluding ortho intramolecular Hbond substituents is 1. The van der Waals surface area contributed by atoms with E-state index in [0.717, 1.165) is 6.42 Å². The maximum atomic E-state index is 11.7. The number of nitrogens with one attached hydrogen (secondary N) is 1. The van der Waals surface area contributed by atoms with E-state index in [2.05, 4.69) is 5.32 Å². The number of rotatable bonds is 6. The molecule has 0 unspecified atom stereocenters. The molecule has 0 atom stereocenters. The fraction of sp³-hybridized carbons (Fsp3) is 0.417. The molecule has 0 radical (unpaired) electrons. The fourth-order valence-corrected chi connectivity index (χ4v) is 1.48. The minimum absolute atomic E-state index is 0.111. The summed E-state index contributed by atoms with van der Waals surface area (Å²) >= 11 is 5.67. The number of aromatic hydroxyl groups is 1. The van der Waals surface area contributed by atoms with E-state index in [0.29, 0.717) is 24.8 Å². The van der Waals surface area contributed by atoms with Gasteiger partial charge in [-0.25, -0.2) is 0 Å². The fourth-order valence-electron chi connectivity index (χ4n) is 1.31. The van der Waals surface area contributed by atoms with Crippen LogP contribution in [0.5, 0.6) is 5.75 Å². The summed E-state index contributed by atoms with van der Waals surface area (Å²) in [6.07, 6.45) is 0.744. The Morgan fingerprint density at radius 2 is 2.29 bits per heavy atom. The molecule has 4 nitrogen and oxygen atoms in total. The lowest BCUT2D eigenvalue weighted by molar-refractivity contribution is 0.0941. The Morgan fingerprint density at radius 3 is 2.94 bits per heavy atom. The van der Waals surface area contributed by atoms with Gasteiger partial charge in [0.15, 0.2) is 0 Å². The SMILES string of the molecule is CCOCCCNC(=O)c1ccc(Cl)cc1O. The van der Waals surface area contributed by atoms with Gasteiger partial charge in [-0.05, 0) is 31.5 Å². The predicted molar refractivity (Wildman–Crippen MR) is 66.6 cm³/mol. The van der Waals surface area contributed by atoms with Crippen molar-refractivity contribution in [1.29, 1.82) is 0 Å². The van der Waals surface area contributed by atoms with Crippen LogP contribution in [0.15, 0.2) is 18.2 Å². The van der Waals surface area contributed by atoms with Crippen molar-refractivity contribution in [3.05, 3.63) is 28.8 Å². The Morgan fingerprint density at radius 1 is 1.53 bits per heavy atom. The zero-order valence-electron chi connectivity index (χ0n) is 9.70. The number of ether oxygens (including phenoxy) is 1. The first-order chi connectivity index (χ1) is 8.15. The second-order valence-electron chi connectivity index (χ2n) is 3.47. The van der Waals surface area contributed by atoms with Gasteiger partial charge >= 0.3 is 0 Å². The number of carbonyl (C=O) groups is 1. The molecule has 0 saturated carbocycles. The van der Waals surface area contributed by atoms with Gasteiger partial charge in [-0.3, -0.25) is 4.79 Å². The van der Waals surface area contributed by atoms with Crippen molar-refractivity contribution in [1.82, 2.24) is 5.32 Å². The monoisotopic (exact) mass is 257 g/mol. The van der Waals surface area contributed by atoms with E-state index >= 15 is 0 Å². The van der Waals surface area contributed by atoms with Crippen molar-refractivity contribution >= 4 is 17.5 Å². The van der Waals surface area contributed by atoms with Crippen LogP contribution in [0.2, 0.25) is 5.02 Å². The van der Waals surface area contributed by atoms with Crippen LogP contribution in [0.4, 0.5) is 0 Å². The van der Waals surface area contributed by atoms with Crippen molar-refractivity contribution in [2.45, 2.75) is 13.3 Å². The highest BCUT2D eigenvalue weighted by Crippen LogP contribution is 2.21. The molecule has 0 heterocycles. The van der Waals surface area contributed by atoms with Crippen LogP contribution in [0.1, 0.15) is 23.7 Å². The standard InChI is InChI=1S/C12H16ClNO3/c1-2-17-7-3-6-14-12(16)10-5-4-9(13)8-11(10)15/h4-5,8,15H,2-3,6-7H2,1H3,(H,14,16). The maximum Gasteiger partial charge on any atom is 0.255 e. The molecule has 0 aromatic heterocycles. The van der Waals surface area contributed by atoms with Gasteiger partial charge in [-0.1, -0.05) is 11.6 Å². The summed E-state index contributed by atoms with van der Waals surface area (Å²) in [5.41, 5.74) is 0.228.